The topological polar surface area (TPSA) is 81.5 Å². The zero-order valence-electron chi connectivity index (χ0n) is 11.8. The smallest absolute Gasteiger partial charge is 0.311 e. The second kappa shape index (κ2) is 8.14. The highest BCUT2D eigenvalue weighted by atomic mass is 16.6. The van der Waals surface area contributed by atoms with E-state index >= 15 is 0 Å². The van der Waals surface area contributed by atoms with Crippen LogP contribution >= 0.6 is 0 Å². The molecule has 0 spiro atoms. The third-order valence-corrected chi connectivity index (χ3v) is 2.77. The largest absolute Gasteiger partial charge is 0.477 e. The van der Waals surface area contributed by atoms with E-state index in [1.54, 1.807) is 13.0 Å². The fourth-order valence-corrected chi connectivity index (χ4v) is 1.69. The Balaban J connectivity index is 2.49. The molecule has 0 heterocycles. The normalized spacial score (nSPS) is 10.1. The Kier molecular flexibility index (Phi) is 6.49. The Morgan fingerprint density at radius 3 is 2.80 bits per heavy atom. The average molecular weight is 280 g/mol. The van der Waals surface area contributed by atoms with Gasteiger partial charge in [-0.1, -0.05) is 25.8 Å². The van der Waals surface area contributed by atoms with Crippen molar-refractivity contribution in [3.05, 3.63) is 33.9 Å². The number of aryl methyl sites for hydroxylation is 1. The molecule has 0 aromatic heterocycles. The zero-order chi connectivity index (χ0) is 15.0. The summed E-state index contributed by atoms with van der Waals surface area (Å²) in [5.41, 5.74) is 0.650. The summed E-state index contributed by atoms with van der Waals surface area (Å²) in [7, 11) is 0. The molecule has 0 radical (unpaired) electrons. The van der Waals surface area contributed by atoms with Crippen LogP contribution < -0.4 is 10.1 Å². The SMILES string of the molecule is CCCCCNC(=O)COc1ccc(C)cc1[N+](=O)[O-]. The van der Waals surface area contributed by atoms with E-state index in [0.29, 0.717) is 6.54 Å². The van der Waals surface area contributed by atoms with Crippen LogP contribution in [0.3, 0.4) is 0 Å². The minimum atomic E-state index is -0.512. The predicted molar refractivity (Wildman–Crippen MR) is 75.9 cm³/mol. The number of unbranched alkanes of at least 4 members (excludes halogenated alkanes) is 2. The lowest BCUT2D eigenvalue weighted by atomic mass is 10.2. The molecule has 0 unspecified atom stereocenters. The number of hydrogen-bond acceptors (Lipinski definition) is 4. The van der Waals surface area contributed by atoms with Gasteiger partial charge in [0.2, 0.25) is 0 Å². The van der Waals surface area contributed by atoms with Crippen LogP contribution in [-0.2, 0) is 4.79 Å². The number of nitrogens with one attached hydrogen (secondary N) is 1. The maximum Gasteiger partial charge on any atom is 0.311 e. The first-order valence-electron chi connectivity index (χ1n) is 6.69. The lowest BCUT2D eigenvalue weighted by Gasteiger charge is -2.08. The summed E-state index contributed by atoms with van der Waals surface area (Å²) in [6.07, 6.45) is 3.07. The van der Waals surface area contributed by atoms with Crippen molar-refractivity contribution < 1.29 is 14.5 Å². The molecule has 0 fully saturated rings. The van der Waals surface area contributed by atoms with Crippen molar-refractivity contribution in [3.63, 3.8) is 0 Å². The standard InChI is InChI=1S/C14H20N2O4/c1-3-4-5-8-15-14(17)10-20-13-7-6-11(2)9-12(13)16(18)19/h6-7,9H,3-5,8,10H2,1-2H3,(H,15,17). The summed E-state index contributed by atoms with van der Waals surface area (Å²) in [5, 5.41) is 13.6. The first kappa shape index (κ1) is 15.9. The van der Waals surface area contributed by atoms with Crippen molar-refractivity contribution in [2.45, 2.75) is 33.1 Å². The molecular weight excluding hydrogens is 260 g/mol. The van der Waals surface area contributed by atoms with Crippen LogP contribution in [0.25, 0.3) is 0 Å². The van der Waals surface area contributed by atoms with Gasteiger partial charge in [-0.2, -0.15) is 0 Å². The third kappa shape index (κ3) is 5.26. The van der Waals surface area contributed by atoms with Crippen LogP contribution in [0.15, 0.2) is 18.2 Å². The fourth-order valence-electron chi connectivity index (χ4n) is 1.69. The number of nitrogens with zero attached hydrogens (tertiary/aromatic N) is 1. The van der Waals surface area contributed by atoms with Gasteiger partial charge in [0, 0.05) is 12.6 Å². The summed E-state index contributed by atoms with van der Waals surface area (Å²) in [6.45, 7) is 4.24. The number of ether oxygens (including phenoxy) is 1. The predicted octanol–water partition coefficient (Wildman–Crippen LogP) is 2.59. The number of nitro groups is 1. The van der Waals surface area contributed by atoms with E-state index in [1.807, 2.05) is 0 Å². The lowest BCUT2D eigenvalue weighted by Crippen LogP contribution is -2.29. The van der Waals surface area contributed by atoms with Crippen LogP contribution in [0.1, 0.15) is 31.7 Å². The monoisotopic (exact) mass is 280 g/mol. The Morgan fingerprint density at radius 2 is 2.15 bits per heavy atom. The van der Waals surface area contributed by atoms with Gasteiger partial charge in [0.25, 0.3) is 5.91 Å². The summed E-state index contributed by atoms with van der Waals surface area (Å²) >= 11 is 0. The van der Waals surface area contributed by atoms with Crippen molar-refractivity contribution in [3.8, 4) is 5.75 Å². The van der Waals surface area contributed by atoms with Gasteiger partial charge in [-0.25, -0.2) is 0 Å². The number of rotatable bonds is 8. The maximum absolute atomic E-state index is 11.5. The Labute approximate surface area is 118 Å². The summed E-state index contributed by atoms with van der Waals surface area (Å²) in [5.74, 6) is -0.153. The van der Waals surface area contributed by atoms with Crippen molar-refractivity contribution >= 4 is 11.6 Å². The molecular formula is C14H20N2O4. The van der Waals surface area contributed by atoms with Gasteiger partial charge in [-0.3, -0.25) is 14.9 Å². The molecule has 110 valence electrons. The molecule has 0 saturated heterocycles. The molecule has 20 heavy (non-hydrogen) atoms. The number of amides is 1. The number of nitro benzene ring substituents is 1. The molecule has 1 aromatic rings. The quantitative estimate of drug-likeness (QED) is 0.451. The van der Waals surface area contributed by atoms with Crippen LogP contribution in [0.2, 0.25) is 0 Å². The van der Waals surface area contributed by atoms with Gasteiger partial charge >= 0.3 is 5.69 Å². The van der Waals surface area contributed by atoms with Crippen LogP contribution in [-0.4, -0.2) is 24.0 Å². The number of benzene rings is 1. The van der Waals surface area contributed by atoms with E-state index in [-0.39, 0.29) is 24.0 Å². The van der Waals surface area contributed by atoms with Gasteiger partial charge < -0.3 is 10.1 Å². The van der Waals surface area contributed by atoms with Gasteiger partial charge in [0.05, 0.1) is 4.92 Å². The van der Waals surface area contributed by atoms with Gasteiger partial charge in [0.1, 0.15) is 0 Å². The maximum atomic E-state index is 11.5. The number of carbonyl (C=O) groups is 1. The molecule has 0 saturated carbocycles. The van der Waals surface area contributed by atoms with E-state index in [9.17, 15) is 14.9 Å². The molecule has 6 nitrogen and oxygen atoms in total. The van der Waals surface area contributed by atoms with E-state index in [4.69, 9.17) is 4.74 Å². The lowest BCUT2D eigenvalue weighted by molar-refractivity contribution is -0.385. The Hall–Kier alpha value is -2.11. The van der Waals surface area contributed by atoms with Crippen LogP contribution in [0.5, 0.6) is 5.75 Å². The molecule has 1 amide bonds. The van der Waals surface area contributed by atoms with E-state index in [1.165, 1.54) is 12.1 Å². The number of carbonyl (C=O) groups excluding carboxylic acids is 1. The minimum Gasteiger partial charge on any atom is -0.477 e. The second-order valence-electron chi connectivity index (χ2n) is 4.57. The molecule has 6 heteroatoms. The molecule has 0 aliphatic rings. The van der Waals surface area contributed by atoms with Gasteiger partial charge in [-0.15, -0.1) is 0 Å². The molecule has 0 aliphatic carbocycles. The summed E-state index contributed by atoms with van der Waals surface area (Å²) in [4.78, 5) is 21.9. The Morgan fingerprint density at radius 1 is 1.40 bits per heavy atom. The molecule has 0 atom stereocenters. The summed E-state index contributed by atoms with van der Waals surface area (Å²) < 4.78 is 5.22. The highest BCUT2D eigenvalue weighted by molar-refractivity contribution is 5.77. The highest BCUT2D eigenvalue weighted by Crippen LogP contribution is 2.27. The molecule has 1 rings (SSSR count). The molecule has 0 aliphatic heterocycles. The van der Waals surface area contributed by atoms with Gasteiger partial charge in [0.15, 0.2) is 12.4 Å². The Bertz CT molecular complexity index is 474. The van der Waals surface area contributed by atoms with Gasteiger partial charge in [-0.05, 0) is 25.0 Å². The van der Waals surface area contributed by atoms with Crippen molar-refractivity contribution in [1.29, 1.82) is 0 Å². The fraction of sp³-hybridized carbons (Fsp3) is 0.500. The first-order valence-corrected chi connectivity index (χ1v) is 6.69. The highest BCUT2D eigenvalue weighted by Gasteiger charge is 2.16. The van der Waals surface area contributed by atoms with Crippen molar-refractivity contribution in [2.24, 2.45) is 0 Å². The van der Waals surface area contributed by atoms with Crippen molar-refractivity contribution in [1.82, 2.24) is 5.32 Å². The zero-order valence-corrected chi connectivity index (χ0v) is 11.8. The number of hydrogen-bond donors (Lipinski definition) is 1. The van der Waals surface area contributed by atoms with E-state index < -0.39 is 4.92 Å². The van der Waals surface area contributed by atoms with E-state index in [2.05, 4.69) is 12.2 Å². The summed E-state index contributed by atoms with van der Waals surface area (Å²) in [6, 6.07) is 4.65. The van der Waals surface area contributed by atoms with Crippen molar-refractivity contribution in [2.75, 3.05) is 13.2 Å². The van der Waals surface area contributed by atoms with Crippen LogP contribution in [0, 0.1) is 17.0 Å². The molecule has 1 N–H and O–H groups in total. The molecule has 1 aromatic carbocycles. The molecule has 0 bridgehead atoms. The first-order chi connectivity index (χ1) is 9.54. The second-order valence-corrected chi connectivity index (χ2v) is 4.57. The van der Waals surface area contributed by atoms with Crippen LogP contribution in [0.4, 0.5) is 5.69 Å². The third-order valence-electron chi connectivity index (χ3n) is 2.77. The minimum absolute atomic E-state index is 0.115. The average Bonchev–Trinajstić information content (AvgIpc) is 2.42. The van der Waals surface area contributed by atoms with E-state index in [0.717, 1.165) is 24.8 Å².